The fourth-order valence-corrected chi connectivity index (χ4v) is 1.93. The van der Waals surface area contributed by atoms with Gasteiger partial charge in [0.1, 0.15) is 0 Å². The Balaban J connectivity index is 2.64. The van der Waals surface area contributed by atoms with Gasteiger partial charge in [-0.2, -0.15) is 0 Å². The highest BCUT2D eigenvalue weighted by Crippen LogP contribution is 2.19. The Kier molecular flexibility index (Phi) is 5.91. The van der Waals surface area contributed by atoms with Gasteiger partial charge in [0.05, 0.1) is 6.04 Å². The van der Waals surface area contributed by atoms with Crippen molar-refractivity contribution in [1.82, 2.24) is 5.32 Å². The van der Waals surface area contributed by atoms with E-state index in [1.54, 1.807) is 0 Å². The number of halogens is 3. The second-order valence-electron chi connectivity index (χ2n) is 3.69. The van der Waals surface area contributed by atoms with E-state index in [1.165, 1.54) is 0 Å². The Morgan fingerprint density at radius 1 is 1.31 bits per heavy atom. The molecule has 1 atom stereocenters. The molecule has 0 aliphatic heterocycles. The molecule has 0 fully saturated rings. The summed E-state index contributed by atoms with van der Waals surface area (Å²) in [6.07, 6.45) is -1.13. The van der Waals surface area contributed by atoms with Gasteiger partial charge in [0.25, 0.3) is 6.43 Å². The van der Waals surface area contributed by atoms with Crippen molar-refractivity contribution in [2.45, 2.75) is 32.2 Å². The van der Waals surface area contributed by atoms with Gasteiger partial charge in [-0.1, -0.05) is 41.1 Å². The lowest BCUT2D eigenvalue weighted by molar-refractivity contribution is 0.0982. The summed E-state index contributed by atoms with van der Waals surface area (Å²) in [5.41, 5.74) is 0.913. The second-order valence-corrected chi connectivity index (χ2v) is 4.54. The maximum absolute atomic E-state index is 12.8. The van der Waals surface area contributed by atoms with Crippen LogP contribution in [0.3, 0.4) is 0 Å². The van der Waals surface area contributed by atoms with Crippen LogP contribution in [0.4, 0.5) is 8.78 Å². The Bertz CT molecular complexity index is 318. The number of alkyl halides is 2. The molecule has 90 valence electrons. The van der Waals surface area contributed by atoms with E-state index in [1.807, 2.05) is 31.2 Å². The highest BCUT2D eigenvalue weighted by Gasteiger charge is 2.20. The lowest BCUT2D eigenvalue weighted by Crippen LogP contribution is -2.38. The van der Waals surface area contributed by atoms with E-state index >= 15 is 0 Å². The van der Waals surface area contributed by atoms with Crippen molar-refractivity contribution in [2.75, 3.05) is 6.54 Å². The van der Waals surface area contributed by atoms with Crippen molar-refractivity contribution < 1.29 is 8.78 Å². The molecule has 1 nitrogen and oxygen atoms in total. The lowest BCUT2D eigenvalue weighted by Gasteiger charge is -2.18. The van der Waals surface area contributed by atoms with E-state index in [-0.39, 0.29) is 0 Å². The molecule has 0 radical (unpaired) electrons. The first-order valence-electron chi connectivity index (χ1n) is 5.40. The van der Waals surface area contributed by atoms with E-state index < -0.39 is 12.5 Å². The van der Waals surface area contributed by atoms with Crippen LogP contribution in [0.15, 0.2) is 28.7 Å². The fraction of sp³-hybridized carbons (Fsp3) is 0.500. The SMILES string of the molecule is CCCNC(Cc1ccccc1Br)C(F)F. The second kappa shape index (κ2) is 6.97. The molecule has 16 heavy (non-hydrogen) atoms. The maximum Gasteiger partial charge on any atom is 0.254 e. The summed E-state index contributed by atoms with van der Waals surface area (Å²) < 4.78 is 26.4. The molecule has 0 bridgehead atoms. The van der Waals surface area contributed by atoms with E-state index in [0.717, 1.165) is 16.5 Å². The van der Waals surface area contributed by atoms with Gasteiger partial charge in [-0.15, -0.1) is 0 Å². The third kappa shape index (κ3) is 4.18. The maximum atomic E-state index is 12.8. The van der Waals surface area contributed by atoms with E-state index in [4.69, 9.17) is 0 Å². The monoisotopic (exact) mass is 291 g/mol. The highest BCUT2D eigenvalue weighted by molar-refractivity contribution is 9.10. The van der Waals surface area contributed by atoms with Crippen LogP contribution in [0, 0.1) is 0 Å². The Morgan fingerprint density at radius 3 is 2.56 bits per heavy atom. The highest BCUT2D eigenvalue weighted by atomic mass is 79.9. The van der Waals surface area contributed by atoms with Gasteiger partial charge >= 0.3 is 0 Å². The quantitative estimate of drug-likeness (QED) is 0.844. The van der Waals surface area contributed by atoms with Gasteiger partial charge < -0.3 is 5.32 Å². The summed E-state index contributed by atoms with van der Waals surface area (Å²) in [6, 6.07) is 6.72. The molecule has 1 unspecified atom stereocenters. The minimum atomic E-state index is -2.33. The zero-order valence-electron chi connectivity index (χ0n) is 9.22. The van der Waals surface area contributed by atoms with Gasteiger partial charge in [0.2, 0.25) is 0 Å². The van der Waals surface area contributed by atoms with Crippen molar-refractivity contribution >= 4 is 15.9 Å². The molecular weight excluding hydrogens is 276 g/mol. The van der Waals surface area contributed by atoms with Crippen LogP contribution in [0.1, 0.15) is 18.9 Å². The normalized spacial score (nSPS) is 13.1. The molecular formula is C12H16BrF2N. The van der Waals surface area contributed by atoms with Crippen molar-refractivity contribution in [1.29, 1.82) is 0 Å². The van der Waals surface area contributed by atoms with Gasteiger partial charge in [0.15, 0.2) is 0 Å². The standard InChI is InChI=1S/C12H16BrF2N/c1-2-7-16-11(12(14)15)8-9-5-3-4-6-10(9)13/h3-6,11-12,16H,2,7-8H2,1H3. The molecule has 4 heteroatoms. The molecule has 1 aromatic rings. The largest absolute Gasteiger partial charge is 0.309 e. The molecule has 0 saturated heterocycles. The minimum Gasteiger partial charge on any atom is -0.309 e. The summed E-state index contributed by atoms with van der Waals surface area (Å²) in [5.74, 6) is 0. The zero-order chi connectivity index (χ0) is 12.0. The van der Waals surface area contributed by atoms with E-state index in [9.17, 15) is 8.78 Å². The molecule has 0 aliphatic carbocycles. The predicted octanol–water partition coefficient (Wildman–Crippen LogP) is 3.62. The first kappa shape index (κ1) is 13.6. The zero-order valence-corrected chi connectivity index (χ0v) is 10.8. The third-order valence-electron chi connectivity index (χ3n) is 2.36. The van der Waals surface area contributed by atoms with Crippen molar-refractivity contribution in [3.8, 4) is 0 Å². The molecule has 1 rings (SSSR count). The van der Waals surface area contributed by atoms with E-state index in [2.05, 4.69) is 21.2 Å². The summed E-state index contributed by atoms with van der Waals surface area (Å²) in [5, 5.41) is 2.87. The van der Waals surface area contributed by atoms with Crippen LogP contribution in [0.2, 0.25) is 0 Å². The minimum absolute atomic E-state index is 0.346. The van der Waals surface area contributed by atoms with Crippen LogP contribution in [-0.2, 0) is 6.42 Å². The van der Waals surface area contributed by atoms with Crippen molar-refractivity contribution in [3.05, 3.63) is 34.3 Å². The number of nitrogens with one attached hydrogen (secondary N) is 1. The number of hydrogen-bond acceptors (Lipinski definition) is 1. The third-order valence-corrected chi connectivity index (χ3v) is 3.13. The van der Waals surface area contributed by atoms with Crippen LogP contribution >= 0.6 is 15.9 Å². The topological polar surface area (TPSA) is 12.0 Å². The molecule has 1 N–H and O–H groups in total. The predicted molar refractivity (Wildman–Crippen MR) is 65.9 cm³/mol. The van der Waals surface area contributed by atoms with Crippen LogP contribution in [-0.4, -0.2) is 19.0 Å². The summed E-state index contributed by atoms with van der Waals surface area (Å²) in [7, 11) is 0. The Hall–Kier alpha value is -0.480. The molecule has 0 heterocycles. The molecule has 0 aliphatic rings. The van der Waals surface area contributed by atoms with E-state index in [0.29, 0.717) is 13.0 Å². The van der Waals surface area contributed by atoms with Crippen molar-refractivity contribution in [2.24, 2.45) is 0 Å². The summed E-state index contributed by atoms with van der Waals surface area (Å²) in [6.45, 7) is 2.59. The van der Waals surface area contributed by atoms with Crippen molar-refractivity contribution in [3.63, 3.8) is 0 Å². The molecule has 0 aromatic heterocycles. The van der Waals surface area contributed by atoms with Gasteiger partial charge in [-0.25, -0.2) is 8.78 Å². The first-order valence-corrected chi connectivity index (χ1v) is 6.19. The van der Waals surface area contributed by atoms with Gasteiger partial charge in [0, 0.05) is 4.47 Å². The number of benzene rings is 1. The average molecular weight is 292 g/mol. The molecule has 0 saturated carbocycles. The summed E-state index contributed by atoms with van der Waals surface area (Å²) >= 11 is 3.37. The number of hydrogen-bond donors (Lipinski definition) is 1. The van der Waals surface area contributed by atoms with Gasteiger partial charge in [-0.3, -0.25) is 0 Å². The first-order chi connectivity index (χ1) is 7.65. The average Bonchev–Trinajstić information content (AvgIpc) is 2.26. The van der Waals surface area contributed by atoms with Crippen LogP contribution in [0.25, 0.3) is 0 Å². The molecule has 1 aromatic carbocycles. The van der Waals surface area contributed by atoms with Crippen LogP contribution < -0.4 is 5.32 Å². The lowest BCUT2D eigenvalue weighted by atomic mass is 10.1. The molecule has 0 amide bonds. The fourth-order valence-electron chi connectivity index (χ4n) is 1.48. The smallest absolute Gasteiger partial charge is 0.254 e. The summed E-state index contributed by atoms with van der Waals surface area (Å²) in [4.78, 5) is 0. The molecule has 0 spiro atoms. The Labute approximate surface area is 103 Å². The van der Waals surface area contributed by atoms with Crippen LogP contribution in [0.5, 0.6) is 0 Å². The van der Waals surface area contributed by atoms with Gasteiger partial charge in [-0.05, 0) is 31.0 Å². The Morgan fingerprint density at radius 2 is 2.00 bits per heavy atom. The number of rotatable bonds is 6.